The molecule has 0 spiro atoms. The Hall–Kier alpha value is -2.66. The molecule has 0 amide bonds. The molecule has 1 fully saturated rings. The molecule has 3 aromatic rings. The topological polar surface area (TPSA) is 106 Å². The molecule has 0 saturated carbocycles. The average Bonchev–Trinajstić information content (AvgIpc) is 3.26. The fraction of sp³-hybridized carbons (Fsp3) is 0.391. The molecule has 176 valence electrons. The van der Waals surface area contributed by atoms with Crippen LogP contribution in [0.25, 0.3) is 0 Å². The number of aryl methyl sites for hydroxylation is 1. The zero-order valence-electron chi connectivity index (χ0n) is 18.0. The molecule has 1 aliphatic rings. The molecule has 0 unspecified atom stereocenters. The second kappa shape index (κ2) is 10.5. The minimum Gasteiger partial charge on any atom is -0.394 e. The van der Waals surface area contributed by atoms with Gasteiger partial charge in [-0.2, -0.15) is 0 Å². The summed E-state index contributed by atoms with van der Waals surface area (Å²) in [6.07, 6.45) is 3.47. The maximum Gasteiger partial charge on any atom is 0.243 e. The number of nitrogens with zero attached hydrogens (tertiary/aromatic N) is 3. The summed E-state index contributed by atoms with van der Waals surface area (Å²) in [7, 11) is -4.07. The van der Waals surface area contributed by atoms with E-state index in [1.807, 2.05) is 36.5 Å². The Morgan fingerprint density at radius 1 is 1.12 bits per heavy atom. The summed E-state index contributed by atoms with van der Waals surface area (Å²) in [6, 6.07) is 14.6. The van der Waals surface area contributed by atoms with E-state index in [1.165, 1.54) is 18.2 Å². The van der Waals surface area contributed by atoms with Crippen molar-refractivity contribution >= 4 is 10.0 Å². The number of hydrogen-bond donors (Lipinski definition) is 2. The minimum absolute atomic E-state index is 0.155. The number of benzene rings is 2. The lowest BCUT2D eigenvalue weighted by Crippen LogP contribution is -2.51. The smallest absolute Gasteiger partial charge is 0.243 e. The van der Waals surface area contributed by atoms with Gasteiger partial charge in [0.05, 0.1) is 30.6 Å². The molecule has 10 heteroatoms. The number of hydrogen-bond acceptors (Lipinski definition) is 6. The molecule has 0 radical (unpaired) electrons. The molecule has 33 heavy (non-hydrogen) atoms. The van der Waals surface area contributed by atoms with Crippen LogP contribution in [0.3, 0.4) is 0 Å². The predicted molar refractivity (Wildman–Crippen MR) is 119 cm³/mol. The third-order valence-corrected chi connectivity index (χ3v) is 7.25. The molecule has 2 N–H and O–H groups in total. The number of rotatable bonds is 9. The summed E-state index contributed by atoms with van der Waals surface area (Å²) in [5.41, 5.74) is 2.04. The van der Waals surface area contributed by atoms with Crippen molar-refractivity contribution in [3.63, 3.8) is 0 Å². The van der Waals surface area contributed by atoms with Crippen molar-refractivity contribution in [2.75, 3.05) is 6.61 Å². The van der Waals surface area contributed by atoms with Crippen LogP contribution in [0, 0.1) is 5.82 Å². The van der Waals surface area contributed by atoms with Crippen molar-refractivity contribution in [3.8, 4) is 0 Å². The molecule has 8 nitrogen and oxygen atoms in total. The van der Waals surface area contributed by atoms with Crippen LogP contribution in [0.5, 0.6) is 0 Å². The summed E-state index contributed by atoms with van der Waals surface area (Å²) in [6.45, 7) is 0.252. The highest BCUT2D eigenvalue weighted by atomic mass is 32.2. The fourth-order valence-corrected chi connectivity index (χ4v) is 5.39. The van der Waals surface area contributed by atoms with Crippen LogP contribution in [-0.4, -0.2) is 53.4 Å². The number of ether oxygens (including phenoxy) is 1. The van der Waals surface area contributed by atoms with Crippen molar-refractivity contribution in [2.24, 2.45) is 0 Å². The van der Waals surface area contributed by atoms with Gasteiger partial charge in [0.25, 0.3) is 0 Å². The van der Waals surface area contributed by atoms with Gasteiger partial charge in [0.15, 0.2) is 0 Å². The predicted octanol–water partition coefficient (Wildman–Crippen LogP) is 2.29. The van der Waals surface area contributed by atoms with E-state index in [4.69, 9.17) is 4.74 Å². The molecule has 0 bridgehead atoms. The quantitative estimate of drug-likeness (QED) is 0.493. The summed E-state index contributed by atoms with van der Waals surface area (Å²) in [4.78, 5) is -0.415. The zero-order chi connectivity index (χ0) is 23.3. The molecule has 0 aliphatic carbocycles. The number of aromatic nitrogens is 3. The SMILES string of the molecule is O=S(=O)(N[C@@H]1CC[C@@H](CCn2cc(Cc3ccccc3)nn2)O[C@@H]1CO)c1ccccc1F. The van der Waals surface area contributed by atoms with Gasteiger partial charge in [-0.3, -0.25) is 4.68 Å². The van der Waals surface area contributed by atoms with Gasteiger partial charge in [0, 0.05) is 19.2 Å². The first-order valence-electron chi connectivity index (χ1n) is 10.9. The summed E-state index contributed by atoms with van der Waals surface area (Å²) >= 11 is 0. The molecule has 3 atom stereocenters. The Kier molecular flexibility index (Phi) is 7.49. The number of nitrogens with one attached hydrogen (secondary N) is 1. The Morgan fingerprint density at radius 2 is 1.88 bits per heavy atom. The van der Waals surface area contributed by atoms with Crippen LogP contribution in [0.2, 0.25) is 0 Å². The maximum atomic E-state index is 14.0. The third-order valence-electron chi connectivity index (χ3n) is 5.72. The lowest BCUT2D eigenvalue weighted by atomic mass is 9.98. The van der Waals surface area contributed by atoms with E-state index in [0.717, 1.165) is 17.3 Å². The minimum atomic E-state index is -4.07. The van der Waals surface area contributed by atoms with E-state index in [2.05, 4.69) is 15.0 Å². The van der Waals surface area contributed by atoms with Gasteiger partial charge in [-0.05, 0) is 37.0 Å². The van der Waals surface area contributed by atoms with Crippen molar-refractivity contribution in [2.45, 2.75) is 55.4 Å². The van der Waals surface area contributed by atoms with Gasteiger partial charge < -0.3 is 9.84 Å². The van der Waals surface area contributed by atoms with Crippen molar-refractivity contribution in [1.29, 1.82) is 0 Å². The molecule has 4 rings (SSSR count). The highest BCUT2D eigenvalue weighted by Crippen LogP contribution is 2.24. The molecule has 1 saturated heterocycles. The Labute approximate surface area is 192 Å². The molecular weight excluding hydrogens is 447 g/mol. The monoisotopic (exact) mass is 474 g/mol. The fourth-order valence-electron chi connectivity index (χ4n) is 4.01. The van der Waals surface area contributed by atoms with Gasteiger partial charge in [-0.25, -0.2) is 17.5 Å². The van der Waals surface area contributed by atoms with E-state index < -0.39 is 32.9 Å². The number of aliphatic hydroxyl groups is 1. The van der Waals surface area contributed by atoms with Gasteiger partial charge >= 0.3 is 0 Å². The largest absolute Gasteiger partial charge is 0.394 e. The second-order valence-corrected chi connectivity index (χ2v) is 9.82. The Morgan fingerprint density at radius 3 is 2.64 bits per heavy atom. The van der Waals surface area contributed by atoms with E-state index >= 15 is 0 Å². The molecule has 1 aromatic heterocycles. The number of sulfonamides is 1. The molecule has 2 aromatic carbocycles. The molecular formula is C23H27FN4O4S. The molecule has 2 heterocycles. The van der Waals surface area contributed by atoms with Gasteiger partial charge in [-0.1, -0.05) is 47.7 Å². The van der Waals surface area contributed by atoms with Crippen LogP contribution in [-0.2, 0) is 27.7 Å². The first-order chi connectivity index (χ1) is 15.9. The number of aliphatic hydroxyl groups excluding tert-OH is 1. The zero-order valence-corrected chi connectivity index (χ0v) is 18.9. The standard InChI is InChI=1S/C23H27FN4O4S/c24-20-8-4-5-9-23(20)33(30,31)26-21-11-10-19(32-22(21)16-29)12-13-28-15-18(25-27-28)14-17-6-2-1-3-7-17/h1-9,15,19,21-22,26,29H,10-14,16H2/t19-,21+,22+/m0/s1. The lowest BCUT2D eigenvalue weighted by Gasteiger charge is -2.36. The second-order valence-electron chi connectivity index (χ2n) is 8.14. The van der Waals surface area contributed by atoms with Crippen LogP contribution in [0.15, 0.2) is 65.7 Å². The van der Waals surface area contributed by atoms with E-state index in [0.29, 0.717) is 32.2 Å². The Balaban J connectivity index is 1.30. The van der Waals surface area contributed by atoms with Crippen LogP contribution >= 0.6 is 0 Å². The summed E-state index contributed by atoms with van der Waals surface area (Å²) in [5.74, 6) is -0.820. The van der Waals surface area contributed by atoms with Crippen LogP contribution in [0.4, 0.5) is 4.39 Å². The first-order valence-corrected chi connectivity index (χ1v) is 12.4. The Bertz CT molecular complexity index is 1160. The third kappa shape index (κ3) is 6.02. The van der Waals surface area contributed by atoms with Crippen molar-refractivity contribution in [3.05, 3.63) is 77.9 Å². The van der Waals surface area contributed by atoms with Crippen LogP contribution < -0.4 is 4.72 Å². The lowest BCUT2D eigenvalue weighted by molar-refractivity contribution is -0.0891. The number of halogens is 1. The average molecular weight is 475 g/mol. The van der Waals surface area contributed by atoms with E-state index in [-0.39, 0.29) is 12.7 Å². The summed E-state index contributed by atoms with van der Waals surface area (Å²) in [5, 5.41) is 18.2. The van der Waals surface area contributed by atoms with Crippen molar-refractivity contribution in [1.82, 2.24) is 19.7 Å². The van der Waals surface area contributed by atoms with Crippen LogP contribution in [0.1, 0.15) is 30.5 Å². The summed E-state index contributed by atoms with van der Waals surface area (Å²) < 4.78 is 49.4. The normalized spacial score (nSPS) is 21.2. The molecule has 1 aliphatic heterocycles. The van der Waals surface area contributed by atoms with E-state index in [9.17, 15) is 17.9 Å². The van der Waals surface area contributed by atoms with E-state index in [1.54, 1.807) is 4.68 Å². The van der Waals surface area contributed by atoms with Gasteiger partial charge in [0.2, 0.25) is 10.0 Å². The van der Waals surface area contributed by atoms with Crippen molar-refractivity contribution < 1.29 is 22.7 Å². The highest BCUT2D eigenvalue weighted by Gasteiger charge is 2.34. The maximum absolute atomic E-state index is 14.0. The first kappa shape index (κ1) is 23.5. The highest BCUT2D eigenvalue weighted by molar-refractivity contribution is 7.89. The van der Waals surface area contributed by atoms with Gasteiger partial charge in [0.1, 0.15) is 10.7 Å². The van der Waals surface area contributed by atoms with Gasteiger partial charge in [-0.15, -0.1) is 5.10 Å².